The smallest absolute Gasteiger partial charge is 0.0624 e. The maximum Gasteiger partial charge on any atom is 0.0624 e. The summed E-state index contributed by atoms with van der Waals surface area (Å²) in [5.41, 5.74) is 5.62. The van der Waals surface area contributed by atoms with Gasteiger partial charge >= 0.3 is 0 Å². The van der Waals surface area contributed by atoms with Crippen molar-refractivity contribution >= 4 is 0 Å². The molecular formula is C17H32N4. The molecular weight excluding hydrogens is 260 g/mol. The minimum absolute atomic E-state index is 0.381. The van der Waals surface area contributed by atoms with Crippen molar-refractivity contribution in [1.82, 2.24) is 15.2 Å². The van der Waals surface area contributed by atoms with Crippen LogP contribution in [0, 0.1) is 11.8 Å². The van der Waals surface area contributed by atoms with E-state index >= 15 is 0 Å². The van der Waals surface area contributed by atoms with Crippen LogP contribution in [0.5, 0.6) is 0 Å². The van der Waals surface area contributed by atoms with Crippen LogP contribution < -0.4 is 11.3 Å². The van der Waals surface area contributed by atoms with Gasteiger partial charge in [0.2, 0.25) is 0 Å². The van der Waals surface area contributed by atoms with Gasteiger partial charge in [0.25, 0.3) is 0 Å². The Balaban J connectivity index is 2.06. The average Bonchev–Trinajstić information content (AvgIpc) is 2.94. The van der Waals surface area contributed by atoms with Crippen LogP contribution in [-0.4, -0.2) is 15.8 Å². The van der Waals surface area contributed by atoms with E-state index in [1.165, 1.54) is 43.5 Å². The van der Waals surface area contributed by atoms with Crippen molar-refractivity contribution in [2.75, 3.05) is 0 Å². The van der Waals surface area contributed by atoms with Crippen LogP contribution in [0.15, 0.2) is 6.07 Å². The Labute approximate surface area is 129 Å². The first kappa shape index (κ1) is 16.5. The summed E-state index contributed by atoms with van der Waals surface area (Å²) >= 11 is 0. The zero-order valence-corrected chi connectivity index (χ0v) is 13.9. The SMILES string of the molecule is CCc1cc(CC(NN)C2CCCC(CC)C2)n(CC)n1. The van der Waals surface area contributed by atoms with Crippen molar-refractivity contribution in [3.8, 4) is 0 Å². The molecule has 0 aliphatic heterocycles. The molecule has 120 valence electrons. The van der Waals surface area contributed by atoms with E-state index in [1.54, 1.807) is 0 Å². The molecule has 4 nitrogen and oxygen atoms in total. The largest absolute Gasteiger partial charge is 0.271 e. The molecule has 1 aliphatic rings. The van der Waals surface area contributed by atoms with Gasteiger partial charge in [-0.3, -0.25) is 16.0 Å². The zero-order chi connectivity index (χ0) is 15.2. The number of aromatic nitrogens is 2. The Bertz CT molecular complexity index is 426. The molecule has 1 aromatic rings. The molecule has 1 aliphatic carbocycles. The zero-order valence-electron chi connectivity index (χ0n) is 13.9. The van der Waals surface area contributed by atoms with Crippen LogP contribution in [0.1, 0.15) is 64.3 Å². The Morgan fingerprint density at radius 2 is 2.19 bits per heavy atom. The summed E-state index contributed by atoms with van der Waals surface area (Å²) < 4.78 is 2.14. The standard InChI is InChI=1S/C17H32N4/c1-4-13-8-7-9-14(10-13)17(19-18)12-16-11-15(5-2)20-21(16)6-3/h11,13-14,17,19H,4-10,12,18H2,1-3H3. The van der Waals surface area contributed by atoms with E-state index in [0.717, 1.165) is 25.3 Å². The second kappa shape index (κ2) is 7.95. The molecule has 1 fully saturated rings. The van der Waals surface area contributed by atoms with Crippen molar-refractivity contribution in [2.45, 2.75) is 78.3 Å². The number of nitrogens with one attached hydrogen (secondary N) is 1. The topological polar surface area (TPSA) is 55.9 Å². The van der Waals surface area contributed by atoms with E-state index in [-0.39, 0.29) is 0 Å². The number of aryl methyl sites for hydroxylation is 2. The Kier molecular flexibility index (Phi) is 6.24. The van der Waals surface area contributed by atoms with Gasteiger partial charge in [-0.1, -0.05) is 33.1 Å². The molecule has 1 heterocycles. The van der Waals surface area contributed by atoms with Gasteiger partial charge in [0.1, 0.15) is 0 Å². The molecule has 0 saturated heterocycles. The number of nitrogens with zero attached hydrogens (tertiary/aromatic N) is 2. The highest BCUT2D eigenvalue weighted by molar-refractivity contribution is 5.12. The molecule has 1 saturated carbocycles. The lowest BCUT2D eigenvalue weighted by atomic mass is 9.76. The molecule has 0 radical (unpaired) electrons. The number of nitrogens with two attached hydrogens (primary N) is 1. The van der Waals surface area contributed by atoms with Gasteiger partial charge in [0.05, 0.1) is 5.69 Å². The van der Waals surface area contributed by atoms with Crippen molar-refractivity contribution in [3.63, 3.8) is 0 Å². The van der Waals surface area contributed by atoms with Crippen LogP contribution in [0.2, 0.25) is 0 Å². The van der Waals surface area contributed by atoms with Crippen LogP contribution >= 0.6 is 0 Å². The minimum Gasteiger partial charge on any atom is -0.271 e. The third-order valence-electron chi connectivity index (χ3n) is 5.19. The fourth-order valence-corrected chi connectivity index (χ4v) is 3.78. The first-order valence-electron chi connectivity index (χ1n) is 8.73. The minimum atomic E-state index is 0.381. The Hall–Kier alpha value is -0.870. The predicted octanol–water partition coefficient (Wildman–Crippen LogP) is 3.06. The number of hydrogen-bond acceptors (Lipinski definition) is 3. The van der Waals surface area contributed by atoms with Crippen LogP contribution in [0.3, 0.4) is 0 Å². The van der Waals surface area contributed by atoms with Gasteiger partial charge in [-0.2, -0.15) is 5.10 Å². The highest BCUT2D eigenvalue weighted by Crippen LogP contribution is 2.33. The van der Waals surface area contributed by atoms with Gasteiger partial charge in [-0.15, -0.1) is 0 Å². The summed E-state index contributed by atoms with van der Waals surface area (Å²) in [5.74, 6) is 7.49. The second-order valence-corrected chi connectivity index (χ2v) is 6.47. The first-order valence-corrected chi connectivity index (χ1v) is 8.73. The van der Waals surface area contributed by atoms with E-state index in [9.17, 15) is 0 Å². The normalized spacial score (nSPS) is 24.2. The molecule has 21 heavy (non-hydrogen) atoms. The van der Waals surface area contributed by atoms with Gasteiger partial charge in [-0.25, -0.2) is 0 Å². The lowest BCUT2D eigenvalue weighted by Crippen LogP contribution is -2.44. The van der Waals surface area contributed by atoms with E-state index in [1.807, 2.05) is 0 Å². The average molecular weight is 292 g/mol. The molecule has 0 bridgehead atoms. The summed E-state index contributed by atoms with van der Waals surface area (Å²) in [7, 11) is 0. The summed E-state index contributed by atoms with van der Waals surface area (Å²) in [5, 5.41) is 4.66. The second-order valence-electron chi connectivity index (χ2n) is 6.47. The summed E-state index contributed by atoms with van der Waals surface area (Å²) in [6.45, 7) is 7.58. The molecule has 0 aromatic carbocycles. The quantitative estimate of drug-likeness (QED) is 0.600. The molecule has 3 unspecified atom stereocenters. The van der Waals surface area contributed by atoms with E-state index in [4.69, 9.17) is 5.84 Å². The van der Waals surface area contributed by atoms with Crippen LogP contribution in [0.4, 0.5) is 0 Å². The highest BCUT2D eigenvalue weighted by Gasteiger charge is 2.28. The van der Waals surface area contributed by atoms with Gasteiger partial charge in [0, 0.05) is 24.7 Å². The fraction of sp³-hybridized carbons (Fsp3) is 0.824. The number of rotatable bonds is 7. The first-order chi connectivity index (χ1) is 10.2. The molecule has 2 rings (SSSR count). The predicted molar refractivity (Wildman–Crippen MR) is 87.8 cm³/mol. The summed E-state index contributed by atoms with van der Waals surface area (Å²) in [6, 6.07) is 2.64. The van der Waals surface area contributed by atoms with E-state index in [2.05, 4.69) is 42.0 Å². The number of hydrazine groups is 1. The summed E-state index contributed by atoms with van der Waals surface area (Å²) in [4.78, 5) is 0. The molecule has 3 atom stereocenters. The van der Waals surface area contributed by atoms with Gasteiger partial charge in [-0.05, 0) is 44.1 Å². The molecule has 1 aromatic heterocycles. The lowest BCUT2D eigenvalue weighted by Gasteiger charge is -2.34. The molecule has 0 spiro atoms. The maximum absolute atomic E-state index is 5.89. The van der Waals surface area contributed by atoms with Crippen molar-refractivity contribution in [3.05, 3.63) is 17.5 Å². The maximum atomic E-state index is 5.89. The summed E-state index contributed by atoms with van der Waals surface area (Å²) in [6.07, 6.45) is 8.70. The third kappa shape index (κ3) is 4.07. The monoisotopic (exact) mass is 292 g/mol. The van der Waals surface area contributed by atoms with Crippen molar-refractivity contribution in [2.24, 2.45) is 17.7 Å². The number of hydrogen-bond donors (Lipinski definition) is 2. The molecule has 0 amide bonds. The van der Waals surface area contributed by atoms with E-state index in [0.29, 0.717) is 12.0 Å². The van der Waals surface area contributed by atoms with Crippen LogP contribution in [-0.2, 0) is 19.4 Å². The third-order valence-corrected chi connectivity index (χ3v) is 5.19. The van der Waals surface area contributed by atoms with Gasteiger partial charge < -0.3 is 0 Å². The Morgan fingerprint density at radius 3 is 2.81 bits per heavy atom. The lowest BCUT2D eigenvalue weighted by molar-refractivity contribution is 0.206. The highest BCUT2D eigenvalue weighted by atomic mass is 15.3. The van der Waals surface area contributed by atoms with Gasteiger partial charge in [0.15, 0.2) is 0 Å². The Morgan fingerprint density at radius 1 is 1.38 bits per heavy atom. The molecule has 4 heteroatoms. The van der Waals surface area contributed by atoms with Crippen molar-refractivity contribution < 1.29 is 0 Å². The fourth-order valence-electron chi connectivity index (χ4n) is 3.78. The van der Waals surface area contributed by atoms with Crippen molar-refractivity contribution in [1.29, 1.82) is 0 Å². The van der Waals surface area contributed by atoms with Crippen LogP contribution in [0.25, 0.3) is 0 Å². The van der Waals surface area contributed by atoms with E-state index < -0.39 is 0 Å². The molecule has 3 N–H and O–H groups in total.